The SMILES string of the molecule is CC1(C)c2ccccc2-c2cc(N(c3ccc(-c4cccc5c4-c4ccccc4C54C5CC6CC(C5)CC4C6)cc3)c3ccc(-n4c5ccccc5c5ccccc54)cc3)ccc21. The maximum atomic E-state index is 2.52. The average Bonchev–Trinajstić information content (AvgIpc) is 3.90. The minimum Gasteiger partial charge on any atom is -0.310 e. The second kappa shape index (κ2) is 13.0. The zero-order valence-corrected chi connectivity index (χ0v) is 36.1. The van der Waals surface area contributed by atoms with Crippen LogP contribution in [0.1, 0.15) is 68.2 Å². The molecule has 8 aromatic carbocycles. The third-order valence-corrected chi connectivity index (χ3v) is 16.8. The molecular formula is C61H50N2. The monoisotopic (exact) mass is 810 g/mol. The van der Waals surface area contributed by atoms with Gasteiger partial charge in [0.05, 0.1) is 11.0 Å². The predicted octanol–water partition coefficient (Wildman–Crippen LogP) is 15.9. The van der Waals surface area contributed by atoms with Crippen molar-refractivity contribution in [1.29, 1.82) is 0 Å². The molecule has 0 N–H and O–H groups in total. The smallest absolute Gasteiger partial charge is 0.0541 e. The second-order valence-corrected chi connectivity index (χ2v) is 20.1. The van der Waals surface area contributed by atoms with Crippen LogP contribution in [0.5, 0.6) is 0 Å². The van der Waals surface area contributed by atoms with E-state index in [2.05, 4.69) is 205 Å². The van der Waals surface area contributed by atoms with Crippen molar-refractivity contribution >= 4 is 38.9 Å². The van der Waals surface area contributed by atoms with E-state index in [1.807, 2.05) is 0 Å². The highest BCUT2D eigenvalue weighted by Crippen LogP contribution is 2.70. The Bertz CT molecular complexity index is 3240. The van der Waals surface area contributed by atoms with E-state index in [4.69, 9.17) is 0 Å². The molecule has 2 nitrogen and oxygen atoms in total. The molecule has 4 bridgehead atoms. The first kappa shape index (κ1) is 35.9. The zero-order valence-electron chi connectivity index (χ0n) is 36.1. The highest BCUT2D eigenvalue weighted by atomic mass is 15.1. The molecule has 6 aliphatic rings. The van der Waals surface area contributed by atoms with Crippen LogP contribution in [0.15, 0.2) is 182 Å². The molecule has 9 aromatic rings. The first-order chi connectivity index (χ1) is 31.0. The molecule has 0 unspecified atom stereocenters. The fourth-order valence-electron chi connectivity index (χ4n) is 14.5. The van der Waals surface area contributed by atoms with Crippen molar-refractivity contribution in [3.8, 4) is 39.1 Å². The largest absolute Gasteiger partial charge is 0.310 e. The summed E-state index contributed by atoms with van der Waals surface area (Å²) in [5.41, 5.74) is 21.5. The molecule has 4 fully saturated rings. The van der Waals surface area contributed by atoms with E-state index in [0.717, 1.165) is 46.4 Å². The van der Waals surface area contributed by atoms with Gasteiger partial charge in [0.2, 0.25) is 0 Å². The third kappa shape index (κ3) is 4.85. The van der Waals surface area contributed by atoms with E-state index in [1.54, 1.807) is 11.1 Å². The van der Waals surface area contributed by atoms with E-state index >= 15 is 0 Å². The molecule has 0 atom stereocenters. The summed E-state index contributed by atoms with van der Waals surface area (Å²) in [5, 5.41) is 2.56. The van der Waals surface area contributed by atoms with Crippen molar-refractivity contribution in [2.24, 2.45) is 23.7 Å². The number of fused-ring (bicyclic) bond motifs is 9. The quantitative estimate of drug-likeness (QED) is 0.168. The van der Waals surface area contributed by atoms with Crippen LogP contribution in [0.2, 0.25) is 0 Å². The normalized spacial score (nSPS) is 23.0. The Labute approximate surface area is 370 Å². The number of aromatic nitrogens is 1. The van der Waals surface area contributed by atoms with Crippen LogP contribution < -0.4 is 4.90 Å². The number of para-hydroxylation sites is 2. The number of hydrogen-bond acceptors (Lipinski definition) is 1. The maximum absolute atomic E-state index is 2.52. The van der Waals surface area contributed by atoms with E-state index in [0.29, 0.717) is 0 Å². The van der Waals surface area contributed by atoms with Gasteiger partial charge in [-0.05, 0) is 172 Å². The first-order valence-corrected chi connectivity index (χ1v) is 23.4. The molecule has 63 heavy (non-hydrogen) atoms. The van der Waals surface area contributed by atoms with Crippen molar-refractivity contribution in [1.82, 2.24) is 4.57 Å². The van der Waals surface area contributed by atoms with Crippen molar-refractivity contribution < 1.29 is 0 Å². The van der Waals surface area contributed by atoms with Crippen molar-refractivity contribution in [3.63, 3.8) is 0 Å². The molecule has 15 rings (SSSR count). The minimum absolute atomic E-state index is 0.0509. The lowest BCUT2D eigenvalue weighted by Crippen LogP contribution is -2.55. The topological polar surface area (TPSA) is 8.17 Å². The van der Waals surface area contributed by atoms with E-state index in [-0.39, 0.29) is 10.8 Å². The van der Waals surface area contributed by atoms with E-state index < -0.39 is 0 Å². The number of rotatable bonds is 5. The molecule has 304 valence electrons. The number of nitrogens with zero attached hydrogens (tertiary/aromatic N) is 2. The molecule has 1 spiro atoms. The van der Waals surface area contributed by atoms with Crippen LogP contribution in [0, 0.1) is 23.7 Å². The van der Waals surface area contributed by atoms with Crippen molar-refractivity contribution in [2.75, 3.05) is 4.90 Å². The highest BCUT2D eigenvalue weighted by Gasteiger charge is 2.61. The van der Waals surface area contributed by atoms with Crippen molar-refractivity contribution in [3.05, 3.63) is 204 Å². The molecule has 1 aromatic heterocycles. The molecule has 0 saturated heterocycles. The summed E-state index contributed by atoms with van der Waals surface area (Å²) in [7, 11) is 0. The summed E-state index contributed by atoms with van der Waals surface area (Å²) in [5.74, 6) is 3.39. The fourth-order valence-corrected chi connectivity index (χ4v) is 14.5. The average molecular weight is 811 g/mol. The van der Waals surface area contributed by atoms with Crippen LogP contribution in [0.4, 0.5) is 17.1 Å². The Morgan fingerprint density at radius 1 is 0.429 bits per heavy atom. The molecule has 0 amide bonds. The summed E-state index contributed by atoms with van der Waals surface area (Å²) in [6, 6.07) is 69.2. The summed E-state index contributed by atoms with van der Waals surface area (Å²) < 4.78 is 2.41. The molecule has 2 heteroatoms. The van der Waals surface area contributed by atoms with Gasteiger partial charge in [-0.25, -0.2) is 0 Å². The summed E-state index contributed by atoms with van der Waals surface area (Å²) in [4.78, 5) is 2.46. The molecule has 6 aliphatic carbocycles. The first-order valence-electron chi connectivity index (χ1n) is 23.4. The Balaban J connectivity index is 0.904. The van der Waals surface area contributed by atoms with Gasteiger partial charge in [-0.15, -0.1) is 0 Å². The molecule has 0 radical (unpaired) electrons. The van der Waals surface area contributed by atoms with E-state index in [9.17, 15) is 0 Å². The number of hydrogen-bond donors (Lipinski definition) is 0. The lowest BCUT2D eigenvalue weighted by molar-refractivity contribution is -0.0399. The van der Waals surface area contributed by atoms with Crippen molar-refractivity contribution in [2.45, 2.75) is 56.8 Å². The van der Waals surface area contributed by atoms with Gasteiger partial charge in [0.25, 0.3) is 0 Å². The Morgan fingerprint density at radius 3 is 1.63 bits per heavy atom. The van der Waals surface area contributed by atoms with Crippen LogP contribution in [-0.2, 0) is 10.8 Å². The predicted molar refractivity (Wildman–Crippen MR) is 262 cm³/mol. The molecular weight excluding hydrogens is 761 g/mol. The van der Waals surface area contributed by atoms with Gasteiger partial charge in [-0.3, -0.25) is 0 Å². The number of anilines is 3. The second-order valence-electron chi connectivity index (χ2n) is 20.1. The molecule has 1 heterocycles. The van der Waals surface area contributed by atoms with Gasteiger partial charge in [-0.2, -0.15) is 0 Å². The lowest BCUT2D eigenvalue weighted by atomic mass is 9.43. The molecule has 0 aliphatic heterocycles. The summed E-state index contributed by atoms with van der Waals surface area (Å²) in [6.45, 7) is 4.73. The van der Waals surface area contributed by atoms with Crippen LogP contribution in [0.3, 0.4) is 0 Å². The van der Waals surface area contributed by atoms with Gasteiger partial charge in [-0.1, -0.05) is 135 Å². The maximum Gasteiger partial charge on any atom is 0.0541 e. The number of benzene rings is 8. The van der Waals surface area contributed by atoms with Crippen LogP contribution in [-0.4, -0.2) is 4.57 Å². The van der Waals surface area contributed by atoms with Gasteiger partial charge in [0.1, 0.15) is 0 Å². The van der Waals surface area contributed by atoms with Crippen LogP contribution in [0.25, 0.3) is 60.9 Å². The standard InChI is InChI=1S/C61H50N2/c1-60(2)53-17-7-3-12-48(53)52-37-46(30-31-54(52)60)62(44-26-28-45(29-27-44)63-57-20-9-5-13-49(57)50-14-6-10-21-58(50)63)43-24-22-40(23-25-43)47-16-11-19-56-59(47)51-15-4-8-18-55(51)61(56)41-33-38-32-39(35-41)36-42(61)34-38/h3-31,37-39,41-42H,32-36H2,1-2H3. The lowest BCUT2D eigenvalue weighted by Gasteiger charge is -2.61. The van der Waals surface area contributed by atoms with Gasteiger partial charge < -0.3 is 9.47 Å². The van der Waals surface area contributed by atoms with Gasteiger partial charge >= 0.3 is 0 Å². The summed E-state index contributed by atoms with van der Waals surface area (Å²) in [6.07, 6.45) is 7.09. The highest BCUT2D eigenvalue weighted by molar-refractivity contribution is 6.09. The third-order valence-electron chi connectivity index (χ3n) is 16.8. The summed E-state index contributed by atoms with van der Waals surface area (Å²) >= 11 is 0. The minimum atomic E-state index is -0.0509. The molecule has 4 saturated carbocycles. The Hall–Kier alpha value is -6.64. The van der Waals surface area contributed by atoms with Gasteiger partial charge in [0.15, 0.2) is 0 Å². The zero-order chi connectivity index (χ0) is 41.6. The Kier molecular flexibility index (Phi) is 7.38. The fraction of sp³-hybridized carbons (Fsp3) is 0.213. The van der Waals surface area contributed by atoms with Gasteiger partial charge in [0, 0.05) is 44.4 Å². The van der Waals surface area contributed by atoms with Crippen LogP contribution >= 0.6 is 0 Å². The van der Waals surface area contributed by atoms with E-state index in [1.165, 1.54) is 98.4 Å². The Morgan fingerprint density at radius 2 is 0.952 bits per heavy atom.